The number of aromatic nitrogens is 5. The van der Waals surface area contributed by atoms with Gasteiger partial charge in [0.25, 0.3) is 0 Å². The third-order valence-electron chi connectivity index (χ3n) is 6.83. The van der Waals surface area contributed by atoms with E-state index < -0.39 is 0 Å². The first-order valence-electron chi connectivity index (χ1n) is 12.0. The van der Waals surface area contributed by atoms with Crippen LogP contribution < -0.4 is 0 Å². The van der Waals surface area contributed by atoms with Crippen molar-refractivity contribution >= 4 is 22.5 Å². The molecule has 1 aromatic carbocycles. The van der Waals surface area contributed by atoms with Crippen molar-refractivity contribution in [2.45, 2.75) is 32.7 Å². The molecule has 1 aliphatic heterocycles. The van der Waals surface area contributed by atoms with E-state index >= 15 is 0 Å². The van der Waals surface area contributed by atoms with E-state index in [1.807, 2.05) is 25.3 Å². The van der Waals surface area contributed by atoms with Crippen molar-refractivity contribution < 1.29 is 4.74 Å². The zero-order valence-electron chi connectivity index (χ0n) is 20.5. The van der Waals surface area contributed by atoms with E-state index in [9.17, 15) is 5.26 Å². The minimum Gasteiger partial charge on any atom is -0.362 e. The molecule has 1 aliphatic rings. The third-order valence-corrected chi connectivity index (χ3v) is 7.32. The van der Waals surface area contributed by atoms with Crippen LogP contribution in [0.2, 0.25) is 5.02 Å². The number of hydrogen-bond acceptors (Lipinski definition) is 6. The number of hydrogen-bond donors (Lipinski definition) is 1. The molecule has 5 rings (SSSR count). The molecule has 1 fully saturated rings. The molecule has 0 aliphatic carbocycles. The van der Waals surface area contributed by atoms with Crippen molar-refractivity contribution in [1.82, 2.24) is 29.9 Å². The Kier molecular flexibility index (Phi) is 6.88. The van der Waals surface area contributed by atoms with E-state index in [2.05, 4.69) is 44.3 Å². The highest BCUT2D eigenvalue weighted by Crippen LogP contribution is 2.44. The van der Waals surface area contributed by atoms with Crippen LogP contribution in [0.1, 0.15) is 35.8 Å². The molecule has 0 saturated carbocycles. The molecule has 0 amide bonds. The van der Waals surface area contributed by atoms with E-state index in [0.29, 0.717) is 24.1 Å². The molecule has 184 valence electrons. The first-order valence-corrected chi connectivity index (χ1v) is 12.4. The molecule has 36 heavy (non-hydrogen) atoms. The van der Waals surface area contributed by atoms with Gasteiger partial charge in [-0.25, -0.2) is 4.98 Å². The van der Waals surface area contributed by atoms with E-state index in [-0.39, 0.29) is 6.04 Å². The summed E-state index contributed by atoms with van der Waals surface area (Å²) in [6.45, 7) is 10.8. The zero-order valence-corrected chi connectivity index (χ0v) is 21.2. The van der Waals surface area contributed by atoms with Crippen LogP contribution in [0.5, 0.6) is 0 Å². The molecule has 0 radical (unpaired) electrons. The molecular formula is C27H28ClN7O. The molecule has 3 aromatic heterocycles. The first kappa shape index (κ1) is 24.2. The number of piperidine rings is 1. The Morgan fingerprint density at radius 2 is 2.06 bits per heavy atom. The maximum atomic E-state index is 9.22. The number of rotatable bonds is 7. The lowest BCUT2D eigenvalue weighted by Crippen LogP contribution is -2.36. The second-order valence-electron chi connectivity index (χ2n) is 9.15. The Bertz CT molecular complexity index is 1440. The number of benzene rings is 1. The van der Waals surface area contributed by atoms with Crippen molar-refractivity contribution in [3.63, 3.8) is 0 Å². The lowest BCUT2D eigenvalue weighted by Gasteiger charge is -2.32. The number of aryl methyl sites for hydroxylation is 1. The molecule has 4 heterocycles. The predicted molar refractivity (Wildman–Crippen MR) is 141 cm³/mol. The normalized spacial score (nSPS) is 14.8. The first-order chi connectivity index (χ1) is 17.5. The van der Waals surface area contributed by atoms with Crippen LogP contribution in [-0.4, -0.2) is 56.3 Å². The van der Waals surface area contributed by atoms with Gasteiger partial charge >= 0.3 is 0 Å². The molecule has 0 unspecified atom stereocenters. The Labute approximate surface area is 215 Å². The number of aromatic amines is 1. The molecule has 1 N–H and O–H groups in total. The predicted octanol–water partition coefficient (Wildman–Crippen LogP) is 5.43. The van der Waals surface area contributed by atoms with Crippen LogP contribution in [0.25, 0.3) is 33.3 Å². The second-order valence-corrected chi connectivity index (χ2v) is 9.53. The van der Waals surface area contributed by atoms with Crippen molar-refractivity contribution in [2.75, 3.05) is 26.4 Å². The molecule has 1 saturated heterocycles. The van der Waals surface area contributed by atoms with Gasteiger partial charge in [-0.05, 0) is 50.5 Å². The summed E-state index contributed by atoms with van der Waals surface area (Å²) in [6.07, 6.45) is 7.23. The maximum absolute atomic E-state index is 9.22. The van der Waals surface area contributed by atoms with Crippen molar-refractivity contribution in [2.24, 2.45) is 0 Å². The van der Waals surface area contributed by atoms with Gasteiger partial charge in [-0.15, -0.1) is 6.58 Å². The van der Waals surface area contributed by atoms with Gasteiger partial charge in [-0.2, -0.15) is 15.5 Å². The van der Waals surface area contributed by atoms with Crippen LogP contribution >= 0.6 is 11.6 Å². The lowest BCUT2D eigenvalue weighted by molar-refractivity contribution is 0.0235. The molecule has 9 heteroatoms. The number of H-pyrrole nitrogens is 1. The number of nitrogens with zero attached hydrogens (tertiary/aromatic N) is 6. The molecular weight excluding hydrogens is 474 g/mol. The van der Waals surface area contributed by atoms with E-state index in [0.717, 1.165) is 70.5 Å². The van der Waals surface area contributed by atoms with Gasteiger partial charge in [0.2, 0.25) is 0 Å². The van der Waals surface area contributed by atoms with Gasteiger partial charge in [-0.3, -0.25) is 14.7 Å². The number of fused-ring (bicyclic) bond motifs is 1. The minimum atomic E-state index is 0.253. The highest BCUT2D eigenvalue weighted by atomic mass is 35.5. The van der Waals surface area contributed by atoms with Crippen LogP contribution in [0.15, 0.2) is 43.2 Å². The van der Waals surface area contributed by atoms with Gasteiger partial charge < -0.3 is 4.74 Å². The second kappa shape index (κ2) is 10.2. The molecule has 4 aromatic rings. The van der Waals surface area contributed by atoms with Crippen LogP contribution in [-0.2, 0) is 4.74 Å². The lowest BCUT2D eigenvalue weighted by atomic mass is 9.95. The highest BCUT2D eigenvalue weighted by Gasteiger charge is 2.28. The van der Waals surface area contributed by atoms with Crippen molar-refractivity contribution in [3.8, 4) is 28.5 Å². The van der Waals surface area contributed by atoms with Gasteiger partial charge in [0, 0.05) is 47.1 Å². The maximum Gasteiger partial charge on any atom is 0.140 e. The van der Waals surface area contributed by atoms with Crippen LogP contribution in [0.3, 0.4) is 0 Å². The summed E-state index contributed by atoms with van der Waals surface area (Å²) in [6, 6.07) is 7.98. The number of pyridine rings is 1. The van der Waals surface area contributed by atoms with E-state index in [1.54, 1.807) is 18.3 Å². The number of likely N-dealkylation sites (tertiary alicyclic amines) is 1. The number of halogens is 1. The van der Waals surface area contributed by atoms with Crippen LogP contribution in [0, 0.1) is 25.2 Å². The fraction of sp³-hybridized carbons (Fsp3) is 0.333. The SMILES string of the molecule is C=CCOCN1CCC(n2nc(-c3ccc(C#N)nc3)c(-c3c(Cl)c(C)cc4[nH]ncc34)c2C)CC1. The van der Waals surface area contributed by atoms with Crippen LogP contribution in [0.4, 0.5) is 0 Å². The van der Waals surface area contributed by atoms with Gasteiger partial charge in [-0.1, -0.05) is 17.7 Å². The average Bonchev–Trinajstić information content (AvgIpc) is 3.50. The summed E-state index contributed by atoms with van der Waals surface area (Å²) >= 11 is 6.95. The summed E-state index contributed by atoms with van der Waals surface area (Å²) in [4.78, 5) is 6.63. The van der Waals surface area contributed by atoms with Crippen molar-refractivity contribution in [1.29, 1.82) is 5.26 Å². The number of nitrogens with one attached hydrogen (secondary N) is 1. The Hall–Kier alpha value is -3.51. The summed E-state index contributed by atoms with van der Waals surface area (Å²) in [5.41, 5.74) is 6.84. The van der Waals surface area contributed by atoms with E-state index in [4.69, 9.17) is 21.4 Å². The summed E-state index contributed by atoms with van der Waals surface area (Å²) in [5.74, 6) is 0. The van der Waals surface area contributed by atoms with Gasteiger partial charge in [0.1, 0.15) is 17.5 Å². The average molecular weight is 502 g/mol. The quantitative estimate of drug-likeness (QED) is 0.268. The topological polar surface area (TPSA) is 95.6 Å². The monoisotopic (exact) mass is 501 g/mol. The fourth-order valence-corrected chi connectivity index (χ4v) is 5.23. The molecule has 0 bridgehead atoms. The minimum absolute atomic E-state index is 0.253. The van der Waals surface area contributed by atoms with Gasteiger partial charge in [0.05, 0.1) is 36.1 Å². The fourth-order valence-electron chi connectivity index (χ4n) is 4.98. The smallest absolute Gasteiger partial charge is 0.140 e. The Morgan fingerprint density at radius 3 is 2.75 bits per heavy atom. The molecule has 8 nitrogen and oxygen atoms in total. The molecule has 0 atom stereocenters. The van der Waals surface area contributed by atoms with E-state index in [1.165, 1.54) is 0 Å². The standard InChI is InChI=1S/C27H28ClN7O/c1-4-11-36-16-34-9-7-21(8-10-34)35-18(3)24(27(33-35)19-5-6-20(13-29)30-14-19)25-22-15-31-32-23(22)12-17(2)26(25)28/h4-6,12,14-15,21H,1,7-11,16H2,2-3H3,(H,31,32). The largest absolute Gasteiger partial charge is 0.362 e. The Balaban J connectivity index is 1.60. The number of nitriles is 1. The van der Waals surface area contributed by atoms with Crippen molar-refractivity contribution in [3.05, 3.63) is 65.2 Å². The highest BCUT2D eigenvalue weighted by molar-refractivity contribution is 6.36. The zero-order chi connectivity index (χ0) is 25.2. The summed E-state index contributed by atoms with van der Waals surface area (Å²) in [5, 5.41) is 23.4. The summed E-state index contributed by atoms with van der Waals surface area (Å²) in [7, 11) is 0. The Morgan fingerprint density at radius 1 is 1.25 bits per heavy atom. The molecule has 0 spiro atoms. The van der Waals surface area contributed by atoms with Gasteiger partial charge in [0.15, 0.2) is 0 Å². The summed E-state index contributed by atoms with van der Waals surface area (Å²) < 4.78 is 7.78. The third kappa shape index (κ3) is 4.42. The number of ether oxygens (including phenoxy) is 1.